The van der Waals surface area contributed by atoms with Crippen LogP contribution < -0.4 is 5.32 Å². The van der Waals surface area contributed by atoms with Crippen LogP contribution in [0.2, 0.25) is 0 Å². The van der Waals surface area contributed by atoms with Gasteiger partial charge >= 0.3 is 0 Å². The van der Waals surface area contributed by atoms with Crippen LogP contribution in [0.3, 0.4) is 0 Å². The smallest absolute Gasteiger partial charge is 0.228 e. The molecule has 0 saturated heterocycles. The van der Waals surface area contributed by atoms with Gasteiger partial charge in [0.25, 0.3) is 0 Å². The number of nitrogens with one attached hydrogen (secondary N) is 1. The molecule has 3 nitrogen and oxygen atoms in total. The highest BCUT2D eigenvalue weighted by molar-refractivity contribution is 6.07. The molecule has 0 fully saturated rings. The van der Waals surface area contributed by atoms with Gasteiger partial charge in [-0.25, -0.2) is 4.39 Å². The Morgan fingerprint density at radius 3 is 2.78 bits per heavy atom. The Morgan fingerprint density at radius 1 is 1.22 bits per heavy atom. The van der Waals surface area contributed by atoms with Gasteiger partial charge in [0.1, 0.15) is 5.82 Å². The molecular formula is C19H18FNO2. The molecule has 1 unspecified atom stereocenters. The number of carbonyl (C=O) groups excluding carboxylic acids is 2. The van der Waals surface area contributed by atoms with Crippen LogP contribution in [0.5, 0.6) is 0 Å². The lowest BCUT2D eigenvalue weighted by atomic mass is 9.96. The molecule has 1 aliphatic rings. The number of aryl methyl sites for hydroxylation is 1. The zero-order chi connectivity index (χ0) is 16.4. The molecule has 3 rings (SSSR count). The average Bonchev–Trinajstić information content (AvgIpc) is 2.88. The summed E-state index contributed by atoms with van der Waals surface area (Å²) in [6.07, 6.45) is 0.644. The third kappa shape index (κ3) is 3.02. The zero-order valence-corrected chi connectivity index (χ0v) is 12.9. The molecule has 1 atom stereocenters. The first kappa shape index (κ1) is 15.4. The summed E-state index contributed by atoms with van der Waals surface area (Å²) in [7, 11) is 0. The summed E-state index contributed by atoms with van der Waals surface area (Å²) < 4.78 is 13.6. The molecule has 0 aromatic heterocycles. The van der Waals surface area contributed by atoms with E-state index in [-0.39, 0.29) is 23.9 Å². The molecule has 0 bridgehead atoms. The summed E-state index contributed by atoms with van der Waals surface area (Å²) in [5, 5.41) is 2.83. The summed E-state index contributed by atoms with van der Waals surface area (Å²) in [6, 6.07) is 12.1. The third-order valence-electron chi connectivity index (χ3n) is 4.33. The Labute approximate surface area is 134 Å². The molecule has 2 aromatic carbocycles. The molecule has 0 aliphatic heterocycles. The van der Waals surface area contributed by atoms with Crippen molar-refractivity contribution >= 4 is 11.7 Å². The lowest BCUT2D eigenvalue weighted by Crippen LogP contribution is -2.30. The van der Waals surface area contributed by atoms with Crippen molar-refractivity contribution in [2.75, 3.05) is 6.54 Å². The second-order valence-corrected chi connectivity index (χ2v) is 5.85. The second-order valence-electron chi connectivity index (χ2n) is 5.85. The number of hydrogen-bond acceptors (Lipinski definition) is 2. The molecule has 0 heterocycles. The highest BCUT2D eigenvalue weighted by atomic mass is 19.1. The van der Waals surface area contributed by atoms with Gasteiger partial charge in [0.05, 0.1) is 5.92 Å². The highest BCUT2D eigenvalue weighted by Gasteiger charge is 2.35. The number of rotatable bonds is 4. The molecule has 0 saturated carbocycles. The Kier molecular flexibility index (Phi) is 4.24. The predicted octanol–water partition coefficient (Wildman–Crippen LogP) is 3.16. The summed E-state index contributed by atoms with van der Waals surface area (Å²) in [4.78, 5) is 24.5. The minimum atomic E-state index is -0.431. The molecule has 1 amide bonds. The Morgan fingerprint density at radius 2 is 2.00 bits per heavy atom. The van der Waals surface area contributed by atoms with E-state index >= 15 is 0 Å². The summed E-state index contributed by atoms with van der Waals surface area (Å²) in [5.74, 6) is -0.848. The number of benzene rings is 2. The average molecular weight is 311 g/mol. The molecule has 0 spiro atoms. The van der Waals surface area contributed by atoms with Crippen molar-refractivity contribution in [2.24, 2.45) is 0 Å². The van der Waals surface area contributed by atoms with Gasteiger partial charge in [-0.05, 0) is 36.1 Å². The largest absolute Gasteiger partial charge is 0.355 e. The molecule has 4 heteroatoms. The fourth-order valence-corrected chi connectivity index (χ4v) is 3.15. The van der Waals surface area contributed by atoms with E-state index in [9.17, 15) is 14.0 Å². The summed E-state index contributed by atoms with van der Waals surface area (Å²) in [5.41, 5.74) is 3.02. The monoisotopic (exact) mass is 311 g/mol. The number of hydrogen-bond donors (Lipinski definition) is 1. The van der Waals surface area contributed by atoms with Crippen molar-refractivity contribution in [2.45, 2.75) is 25.7 Å². The maximum absolute atomic E-state index is 13.6. The molecule has 0 radical (unpaired) electrons. The van der Waals surface area contributed by atoms with Crippen LogP contribution >= 0.6 is 0 Å². The summed E-state index contributed by atoms with van der Waals surface area (Å²) >= 11 is 0. The van der Waals surface area contributed by atoms with Crippen LogP contribution in [0.15, 0.2) is 42.5 Å². The van der Waals surface area contributed by atoms with Crippen LogP contribution in [0.1, 0.15) is 39.4 Å². The Hall–Kier alpha value is -2.49. The van der Waals surface area contributed by atoms with E-state index in [2.05, 4.69) is 5.32 Å². The van der Waals surface area contributed by atoms with E-state index in [0.717, 1.165) is 11.1 Å². The lowest BCUT2D eigenvalue weighted by Gasteiger charge is -2.13. The number of carbonyl (C=O) groups is 2. The molecule has 1 N–H and O–H groups in total. The molecular weight excluding hydrogens is 293 g/mol. The van der Waals surface area contributed by atoms with Crippen molar-refractivity contribution in [3.63, 3.8) is 0 Å². The zero-order valence-electron chi connectivity index (χ0n) is 12.9. The topological polar surface area (TPSA) is 46.2 Å². The van der Waals surface area contributed by atoms with Crippen molar-refractivity contribution in [3.05, 3.63) is 70.5 Å². The normalized spacial score (nSPS) is 16.3. The fourth-order valence-electron chi connectivity index (χ4n) is 3.15. The Bertz CT molecular complexity index is 770. The van der Waals surface area contributed by atoms with E-state index in [1.54, 1.807) is 24.3 Å². The quantitative estimate of drug-likeness (QED) is 0.943. The van der Waals surface area contributed by atoms with Gasteiger partial charge in [-0.3, -0.25) is 9.59 Å². The highest BCUT2D eigenvalue weighted by Crippen LogP contribution is 2.35. The minimum Gasteiger partial charge on any atom is -0.355 e. The van der Waals surface area contributed by atoms with E-state index in [4.69, 9.17) is 0 Å². The predicted molar refractivity (Wildman–Crippen MR) is 86.0 cm³/mol. The molecule has 23 heavy (non-hydrogen) atoms. The maximum Gasteiger partial charge on any atom is 0.228 e. The molecule has 118 valence electrons. The number of amides is 1. The number of Topliss-reactive ketones (excluding diaryl/α,β-unsaturated/α-hetero) is 1. The van der Waals surface area contributed by atoms with Crippen LogP contribution in [-0.4, -0.2) is 18.2 Å². The first-order valence-corrected chi connectivity index (χ1v) is 7.71. The van der Waals surface area contributed by atoms with Crippen LogP contribution in [0.25, 0.3) is 0 Å². The van der Waals surface area contributed by atoms with Gasteiger partial charge in [0.15, 0.2) is 5.78 Å². The molecule has 1 aliphatic carbocycles. The van der Waals surface area contributed by atoms with Gasteiger partial charge < -0.3 is 5.32 Å². The fraction of sp³-hybridized carbons (Fsp3) is 0.263. The minimum absolute atomic E-state index is 0.0120. The Balaban J connectivity index is 1.67. The van der Waals surface area contributed by atoms with Crippen molar-refractivity contribution < 1.29 is 14.0 Å². The van der Waals surface area contributed by atoms with Gasteiger partial charge in [0, 0.05) is 18.5 Å². The lowest BCUT2D eigenvalue weighted by molar-refractivity contribution is -0.122. The van der Waals surface area contributed by atoms with Gasteiger partial charge in [0.2, 0.25) is 5.91 Å². The van der Waals surface area contributed by atoms with E-state index in [1.807, 2.05) is 19.1 Å². The van der Waals surface area contributed by atoms with Crippen molar-refractivity contribution in [3.8, 4) is 0 Å². The van der Waals surface area contributed by atoms with Crippen molar-refractivity contribution in [1.82, 2.24) is 5.32 Å². The standard InChI is InChI=1S/C19H18FNO2/c1-12-5-4-7-14-17(22)11-15(18(12)14)19(23)21-10-9-13-6-2-3-8-16(13)20/h2-8,15H,9-11H2,1H3,(H,21,23). The van der Waals surface area contributed by atoms with Crippen molar-refractivity contribution in [1.29, 1.82) is 0 Å². The number of ketones is 1. The number of fused-ring (bicyclic) bond motifs is 1. The first-order valence-electron chi connectivity index (χ1n) is 7.71. The number of halogens is 1. The maximum atomic E-state index is 13.6. The van der Waals surface area contributed by atoms with E-state index in [0.29, 0.717) is 24.1 Å². The second kappa shape index (κ2) is 6.32. The van der Waals surface area contributed by atoms with E-state index < -0.39 is 5.92 Å². The van der Waals surface area contributed by atoms with E-state index in [1.165, 1.54) is 6.07 Å². The van der Waals surface area contributed by atoms with Gasteiger partial charge in [-0.2, -0.15) is 0 Å². The first-order chi connectivity index (χ1) is 11.1. The van der Waals surface area contributed by atoms with Gasteiger partial charge in [-0.1, -0.05) is 36.4 Å². The van der Waals surface area contributed by atoms with Gasteiger partial charge in [-0.15, -0.1) is 0 Å². The molecule has 2 aromatic rings. The van der Waals surface area contributed by atoms with Crippen LogP contribution in [0, 0.1) is 12.7 Å². The van der Waals surface area contributed by atoms with Crippen LogP contribution in [0.4, 0.5) is 4.39 Å². The summed E-state index contributed by atoms with van der Waals surface area (Å²) in [6.45, 7) is 2.27. The SMILES string of the molecule is Cc1cccc2c1C(C(=O)NCCc1ccccc1F)CC2=O. The third-order valence-corrected chi connectivity index (χ3v) is 4.33. The van der Waals surface area contributed by atoms with Crippen LogP contribution in [-0.2, 0) is 11.2 Å².